The van der Waals surface area contributed by atoms with Crippen molar-refractivity contribution in [2.45, 2.75) is 39.0 Å². The Morgan fingerprint density at radius 3 is 2.42 bits per heavy atom. The van der Waals surface area contributed by atoms with Gasteiger partial charge in [0.1, 0.15) is 5.82 Å². The van der Waals surface area contributed by atoms with Gasteiger partial charge in [-0.05, 0) is 12.8 Å². The quantitative estimate of drug-likeness (QED) is 0.724. The van der Waals surface area contributed by atoms with Crippen LogP contribution in [0.2, 0.25) is 0 Å². The van der Waals surface area contributed by atoms with Gasteiger partial charge in [0.05, 0.1) is 5.69 Å². The second kappa shape index (κ2) is 3.17. The number of anilines is 1. The van der Waals surface area contributed by atoms with Gasteiger partial charge in [-0.15, -0.1) is 0 Å². The average molecular weight is 167 g/mol. The first-order chi connectivity index (χ1) is 5.62. The fraction of sp³-hybridized carbons (Fsp3) is 0.667. The molecule has 0 amide bonds. The van der Waals surface area contributed by atoms with Crippen molar-refractivity contribution in [1.29, 1.82) is 0 Å². The van der Waals surface area contributed by atoms with Crippen molar-refractivity contribution in [2.75, 3.05) is 5.73 Å². The van der Waals surface area contributed by atoms with Crippen LogP contribution in [0.15, 0.2) is 6.07 Å². The third kappa shape index (κ3) is 1.44. The van der Waals surface area contributed by atoms with E-state index in [2.05, 4.69) is 31.0 Å². The highest BCUT2D eigenvalue weighted by Crippen LogP contribution is 2.29. The van der Waals surface area contributed by atoms with Gasteiger partial charge in [0.25, 0.3) is 0 Å². The summed E-state index contributed by atoms with van der Waals surface area (Å²) in [4.78, 5) is 0. The van der Waals surface area contributed by atoms with Gasteiger partial charge in [0, 0.05) is 11.5 Å². The molecule has 0 aliphatic heterocycles. The van der Waals surface area contributed by atoms with Crippen molar-refractivity contribution in [3.05, 3.63) is 11.8 Å². The molecule has 0 spiro atoms. The van der Waals surface area contributed by atoms with Crippen LogP contribution in [0.4, 0.5) is 5.82 Å². The lowest BCUT2D eigenvalue weighted by Gasteiger charge is -2.23. The molecule has 0 atom stereocenters. The summed E-state index contributed by atoms with van der Waals surface area (Å²) in [5, 5.41) is 6.95. The summed E-state index contributed by atoms with van der Waals surface area (Å²) in [6.07, 6.45) is 2.18. The van der Waals surface area contributed by atoms with Crippen LogP contribution in [0.3, 0.4) is 0 Å². The largest absolute Gasteiger partial charge is 0.384 e. The molecule has 3 heteroatoms. The van der Waals surface area contributed by atoms with E-state index in [0.717, 1.165) is 18.5 Å². The van der Waals surface area contributed by atoms with Gasteiger partial charge in [-0.3, -0.25) is 5.10 Å². The fourth-order valence-electron chi connectivity index (χ4n) is 1.26. The number of nitrogen functional groups attached to an aromatic ring is 1. The number of H-pyrrole nitrogens is 1. The molecule has 0 unspecified atom stereocenters. The number of aromatic nitrogens is 2. The van der Waals surface area contributed by atoms with Crippen LogP contribution < -0.4 is 5.73 Å². The Bertz CT molecular complexity index is 248. The Hall–Kier alpha value is -0.990. The normalized spacial score (nSPS) is 11.9. The predicted octanol–water partition coefficient (Wildman–Crippen LogP) is 2.07. The summed E-state index contributed by atoms with van der Waals surface area (Å²) in [6.45, 7) is 6.56. The smallest absolute Gasteiger partial charge is 0.119 e. The highest BCUT2D eigenvalue weighted by Gasteiger charge is 2.24. The van der Waals surface area contributed by atoms with Crippen molar-refractivity contribution in [3.63, 3.8) is 0 Å². The van der Waals surface area contributed by atoms with E-state index < -0.39 is 0 Å². The minimum absolute atomic E-state index is 0.175. The van der Waals surface area contributed by atoms with Crippen molar-refractivity contribution >= 4 is 5.82 Å². The maximum Gasteiger partial charge on any atom is 0.119 e. The van der Waals surface area contributed by atoms with Gasteiger partial charge in [-0.1, -0.05) is 20.8 Å². The second-order valence-corrected chi connectivity index (χ2v) is 3.48. The van der Waals surface area contributed by atoms with Gasteiger partial charge in [-0.25, -0.2) is 0 Å². The monoisotopic (exact) mass is 167 g/mol. The molecule has 0 saturated heterocycles. The molecule has 3 nitrogen and oxygen atoms in total. The van der Waals surface area contributed by atoms with Gasteiger partial charge in [0.2, 0.25) is 0 Å². The molecule has 0 saturated carbocycles. The third-order valence-electron chi connectivity index (χ3n) is 2.78. The van der Waals surface area contributed by atoms with Crippen LogP contribution in [-0.4, -0.2) is 10.2 Å². The van der Waals surface area contributed by atoms with E-state index in [4.69, 9.17) is 5.73 Å². The highest BCUT2D eigenvalue weighted by molar-refractivity contribution is 5.32. The maximum atomic E-state index is 5.57. The topological polar surface area (TPSA) is 54.7 Å². The molecule has 3 N–H and O–H groups in total. The first-order valence-corrected chi connectivity index (χ1v) is 4.43. The van der Waals surface area contributed by atoms with E-state index in [-0.39, 0.29) is 5.41 Å². The summed E-state index contributed by atoms with van der Waals surface area (Å²) in [6, 6.07) is 1.92. The van der Waals surface area contributed by atoms with E-state index in [1.165, 1.54) is 0 Å². The maximum absolute atomic E-state index is 5.57. The number of nitrogens with one attached hydrogen (secondary N) is 1. The molecule has 68 valence electrons. The summed E-state index contributed by atoms with van der Waals surface area (Å²) < 4.78 is 0. The molecule has 0 aliphatic rings. The lowest BCUT2D eigenvalue weighted by atomic mass is 9.81. The number of nitrogens with two attached hydrogens (primary N) is 1. The molecular formula is C9H17N3. The molecule has 0 aromatic carbocycles. The van der Waals surface area contributed by atoms with Crippen molar-refractivity contribution in [2.24, 2.45) is 0 Å². The van der Waals surface area contributed by atoms with Crippen LogP contribution in [0.25, 0.3) is 0 Å². The van der Waals surface area contributed by atoms with E-state index in [0.29, 0.717) is 5.82 Å². The number of aromatic amines is 1. The molecule has 1 aromatic heterocycles. The molecule has 1 aromatic rings. The zero-order valence-electron chi connectivity index (χ0n) is 8.02. The highest BCUT2D eigenvalue weighted by atomic mass is 15.2. The van der Waals surface area contributed by atoms with Gasteiger partial charge >= 0.3 is 0 Å². The molecule has 0 bridgehead atoms. The minimum Gasteiger partial charge on any atom is -0.384 e. The SMILES string of the molecule is CCC(C)(CC)c1cc(N)[nH]n1. The molecule has 0 fully saturated rings. The lowest BCUT2D eigenvalue weighted by Crippen LogP contribution is -2.19. The number of hydrogen-bond donors (Lipinski definition) is 2. The third-order valence-corrected chi connectivity index (χ3v) is 2.78. The Morgan fingerprint density at radius 2 is 2.08 bits per heavy atom. The molecule has 1 rings (SSSR count). The molecular weight excluding hydrogens is 150 g/mol. The summed E-state index contributed by atoms with van der Waals surface area (Å²) in [5.41, 5.74) is 6.82. The molecule has 12 heavy (non-hydrogen) atoms. The second-order valence-electron chi connectivity index (χ2n) is 3.48. The van der Waals surface area contributed by atoms with E-state index in [1.807, 2.05) is 6.07 Å². The average Bonchev–Trinajstić information content (AvgIpc) is 2.51. The van der Waals surface area contributed by atoms with Gasteiger partial charge in [-0.2, -0.15) is 5.10 Å². The van der Waals surface area contributed by atoms with Crippen LogP contribution in [0.5, 0.6) is 0 Å². The van der Waals surface area contributed by atoms with Crippen LogP contribution in [0, 0.1) is 0 Å². The fourth-order valence-corrected chi connectivity index (χ4v) is 1.26. The van der Waals surface area contributed by atoms with Gasteiger partial charge in [0.15, 0.2) is 0 Å². The Morgan fingerprint density at radius 1 is 1.50 bits per heavy atom. The standard InChI is InChI=1S/C9H17N3/c1-4-9(3,5-2)7-6-8(10)12-11-7/h6H,4-5H2,1-3H3,(H3,10,11,12). The molecule has 0 radical (unpaired) electrons. The number of rotatable bonds is 3. The van der Waals surface area contributed by atoms with E-state index in [1.54, 1.807) is 0 Å². The van der Waals surface area contributed by atoms with E-state index >= 15 is 0 Å². The Balaban J connectivity index is 2.94. The number of hydrogen-bond acceptors (Lipinski definition) is 2. The molecule has 0 aliphatic carbocycles. The van der Waals surface area contributed by atoms with E-state index in [9.17, 15) is 0 Å². The van der Waals surface area contributed by atoms with Crippen molar-refractivity contribution in [1.82, 2.24) is 10.2 Å². The molecule has 1 heterocycles. The summed E-state index contributed by atoms with van der Waals surface area (Å²) in [7, 11) is 0. The predicted molar refractivity (Wildman–Crippen MR) is 50.9 cm³/mol. The zero-order chi connectivity index (χ0) is 9.19. The first kappa shape index (κ1) is 9.10. The van der Waals surface area contributed by atoms with Gasteiger partial charge < -0.3 is 5.73 Å². The van der Waals surface area contributed by atoms with Crippen LogP contribution in [-0.2, 0) is 5.41 Å². The Labute approximate surface area is 73.4 Å². The zero-order valence-corrected chi connectivity index (χ0v) is 8.02. The number of nitrogens with zero attached hydrogens (tertiary/aromatic N) is 1. The minimum atomic E-state index is 0.175. The van der Waals surface area contributed by atoms with Crippen LogP contribution >= 0.6 is 0 Å². The Kier molecular flexibility index (Phi) is 2.40. The van der Waals surface area contributed by atoms with Crippen molar-refractivity contribution in [3.8, 4) is 0 Å². The first-order valence-electron chi connectivity index (χ1n) is 4.43. The lowest BCUT2D eigenvalue weighted by molar-refractivity contribution is 0.425. The summed E-state index contributed by atoms with van der Waals surface area (Å²) in [5.74, 6) is 0.651. The van der Waals surface area contributed by atoms with Crippen LogP contribution in [0.1, 0.15) is 39.3 Å². The summed E-state index contributed by atoms with van der Waals surface area (Å²) >= 11 is 0. The van der Waals surface area contributed by atoms with Crippen molar-refractivity contribution < 1.29 is 0 Å².